The molecule has 124 valence electrons. The van der Waals surface area contributed by atoms with E-state index in [0.29, 0.717) is 16.8 Å². The standard InChI is InChI=1S/C19H21N3O2/c1-13(2)12-20-22-19(24)15-7-9-17(10-8-15)21-18(23)16-6-4-5-14(3)11-16/h4-13H,1-3H3,(H,21,23)(H,22,24). The number of carbonyl (C=O) groups is 2. The number of anilines is 1. The summed E-state index contributed by atoms with van der Waals surface area (Å²) in [6.45, 7) is 5.88. The van der Waals surface area contributed by atoms with Gasteiger partial charge in [-0.1, -0.05) is 31.5 Å². The Bertz CT molecular complexity index is 749. The molecule has 0 aliphatic carbocycles. The van der Waals surface area contributed by atoms with E-state index in [0.717, 1.165) is 5.56 Å². The van der Waals surface area contributed by atoms with Gasteiger partial charge < -0.3 is 5.32 Å². The van der Waals surface area contributed by atoms with E-state index in [4.69, 9.17) is 0 Å². The molecule has 0 fully saturated rings. The molecular weight excluding hydrogens is 302 g/mol. The maximum Gasteiger partial charge on any atom is 0.271 e. The van der Waals surface area contributed by atoms with Crippen molar-refractivity contribution in [3.63, 3.8) is 0 Å². The second kappa shape index (κ2) is 8.06. The molecule has 0 heterocycles. The van der Waals surface area contributed by atoms with E-state index in [-0.39, 0.29) is 17.7 Å². The summed E-state index contributed by atoms with van der Waals surface area (Å²) in [4.78, 5) is 24.1. The van der Waals surface area contributed by atoms with Gasteiger partial charge in [-0.15, -0.1) is 0 Å². The average molecular weight is 323 g/mol. The van der Waals surface area contributed by atoms with Crippen LogP contribution >= 0.6 is 0 Å². The van der Waals surface area contributed by atoms with Crippen LogP contribution < -0.4 is 10.7 Å². The Labute approximate surface area is 141 Å². The molecule has 0 saturated heterocycles. The normalized spacial score (nSPS) is 10.8. The molecule has 0 aliphatic heterocycles. The Kier molecular flexibility index (Phi) is 5.84. The van der Waals surface area contributed by atoms with Gasteiger partial charge in [0.05, 0.1) is 0 Å². The van der Waals surface area contributed by atoms with Crippen LogP contribution in [-0.4, -0.2) is 18.0 Å². The van der Waals surface area contributed by atoms with Crippen molar-refractivity contribution in [3.8, 4) is 0 Å². The molecule has 2 aromatic carbocycles. The van der Waals surface area contributed by atoms with Gasteiger partial charge in [-0.25, -0.2) is 5.43 Å². The van der Waals surface area contributed by atoms with Crippen molar-refractivity contribution in [2.24, 2.45) is 11.0 Å². The monoisotopic (exact) mass is 323 g/mol. The van der Waals surface area contributed by atoms with Gasteiger partial charge in [0, 0.05) is 23.0 Å². The topological polar surface area (TPSA) is 70.6 Å². The zero-order chi connectivity index (χ0) is 17.5. The van der Waals surface area contributed by atoms with E-state index < -0.39 is 0 Å². The van der Waals surface area contributed by atoms with Crippen LogP contribution in [0.25, 0.3) is 0 Å². The first-order chi connectivity index (χ1) is 11.5. The van der Waals surface area contributed by atoms with Crippen LogP contribution in [0.2, 0.25) is 0 Å². The highest BCUT2D eigenvalue weighted by molar-refractivity contribution is 6.04. The predicted molar refractivity (Wildman–Crippen MR) is 96.4 cm³/mol. The quantitative estimate of drug-likeness (QED) is 0.652. The smallest absolute Gasteiger partial charge is 0.271 e. The lowest BCUT2D eigenvalue weighted by molar-refractivity contribution is 0.0954. The fourth-order valence-electron chi connectivity index (χ4n) is 2.00. The minimum atomic E-state index is -0.288. The molecule has 2 N–H and O–H groups in total. The minimum absolute atomic E-state index is 0.183. The summed E-state index contributed by atoms with van der Waals surface area (Å²) >= 11 is 0. The van der Waals surface area contributed by atoms with Crippen LogP contribution in [0.3, 0.4) is 0 Å². The molecule has 2 aromatic rings. The zero-order valence-corrected chi connectivity index (χ0v) is 14.0. The van der Waals surface area contributed by atoms with E-state index in [9.17, 15) is 9.59 Å². The molecule has 0 radical (unpaired) electrons. The Hall–Kier alpha value is -2.95. The SMILES string of the molecule is Cc1cccc(C(=O)Nc2ccc(C(=O)NN=CC(C)C)cc2)c1. The first-order valence-electron chi connectivity index (χ1n) is 7.77. The van der Waals surface area contributed by atoms with Gasteiger partial charge >= 0.3 is 0 Å². The van der Waals surface area contributed by atoms with Crippen LogP contribution in [-0.2, 0) is 0 Å². The van der Waals surface area contributed by atoms with E-state index in [1.54, 1.807) is 36.5 Å². The molecule has 0 aromatic heterocycles. The molecule has 2 rings (SSSR count). The summed E-state index contributed by atoms with van der Waals surface area (Å²) in [5.74, 6) is -0.203. The summed E-state index contributed by atoms with van der Waals surface area (Å²) in [6, 6.07) is 14.0. The number of hydrogen-bond acceptors (Lipinski definition) is 3. The molecule has 5 heteroatoms. The van der Waals surface area contributed by atoms with Crippen LogP contribution in [0.1, 0.15) is 40.1 Å². The van der Waals surface area contributed by atoms with Crippen LogP contribution in [0.4, 0.5) is 5.69 Å². The maximum atomic E-state index is 12.2. The molecule has 0 unspecified atom stereocenters. The fourth-order valence-corrected chi connectivity index (χ4v) is 2.00. The highest BCUT2D eigenvalue weighted by atomic mass is 16.2. The first-order valence-corrected chi connectivity index (χ1v) is 7.77. The summed E-state index contributed by atoms with van der Waals surface area (Å²) in [7, 11) is 0. The molecule has 0 saturated carbocycles. The predicted octanol–water partition coefficient (Wildman–Crippen LogP) is 3.62. The lowest BCUT2D eigenvalue weighted by atomic mass is 10.1. The molecular formula is C19H21N3O2. The molecule has 0 bridgehead atoms. The number of amides is 2. The molecule has 2 amide bonds. The average Bonchev–Trinajstić information content (AvgIpc) is 2.55. The van der Waals surface area contributed by atoms with E-state index in [2.05, 4.69) is 15.8 Å². The third kappa shape index (κ3) is 5.05. The van der Waals surface area contributed by atoms with Gasteiger partial charge in [-0.3, -0.25) is 9.59 Å². The van der Waals surface area contributed by atoms with Crippen molar-refractivity contribution in [1.82, 2.24) is 5.43 Å². The van der Waals surface area contributed by atoms with Crippen molar-refractivity contribution < 1.29 is 9.59 Å². The summed E-state index contributed by atoms with van der Waals surface area (Å²) in [5.41, 5.74) is 5.19. The van der Waals surface area contributed by atoms with Crippen molar-refractivity contribution in [3.05, 3.63) is 65.2 Å². The van der Waals surface area contributed by atoms with Gasteiger partial charge in [0.25, 0.3) is 11.8 Å². The lowest BCUT2D eigenvalue weighted by Gasteiger charge is -2.07. The number of nitrogens with zero attached hydrogens (tertiary/aromatic N) is 1. The minimum Gasteiger partial charge on any atom is -0.322 e. The second-order valence-electron chi connectivity index (χ2n) is 5.86. The summed E-state index contributed by atoms with van der Waals surface area (Å²) < 4.78 is 0. The molecule has 0 aliphatic rings. The third-order valence-electron chi connectivity index (χ3n) is 3.22. The lowest BCUT2D eigenvalue weighted by Crippen LogP contribution is -2.18. The summed E-state index contributed by atoms with van der Waals surface area (Å²) in [6.07, 6.45) is 1.66. The molecule has 0 atom stereocenters. The van der Waals surface area contributed by atoms with Gasteiger partial charge in [-0.2, -0.15) is 5.10 Å². The van der Waals surface area contributed by atoms with Gasteiger partial charge in [0.1, 0.15) is 0 Å². The highest BCUT2D eigenvalue weighted by Crippen LogP contribution is 2.12. The van der Waals surface area contributed by atoms with Crippen molar-refractivity contribution >= 4 is 23.7 Å². The Morgan fingerprint density at radius 3 is 2.33 bits per heavy atom. The van der Waals surface area contributed by atoms with Crippen molar-refractivity contribution in [2.75, 3.05) is 5.32 Å². The number of aryl methyl sites for hydroxylation is 1. The first kappa shape index (κ1) is 17.4. The van der Waals surface area contributed by atoms with Crippen LogP contribution in [0.15, 0.2) is 53.6 Å². The highest BCUT2D eigenvalue weighted by Gasteiger charge is 2.08. The maximum absolute atomic E-state index is 12.2. The summed E-state index contributed by atoms with van der Waals surface area (Å²) in [5, 5.41) is 6.68. The van der Waals surface area contributed by atoms with Crippen molar-refractivity contribution in [2.45, 2.75) is 20.8 Å². The number of rotatable bonds is 5. The van der Waals surface area contributed by atoms with E-state index in [1.165, 1.54) is 0 Å². The molecule has 0 spiro atoms. The van der Waals surface area contributed by atoms with Crippen molar-refractivity contribution in [1.29, 1.82) is 0 Å². The third-order valence-corrected chi connectivity index (χ3v) is 3.22. The van der Waals surface area contributed by atoms with Gasteiger partial charge in [0.2, 0.25) is 0 Å². The second-order valence-corrected chi connectivity index (χ2v) is 5.86. The number of benzene rings is 2. The number of nitrogens with one attached hydrogen (secondary N) is 2. The fraction of sp³-hybridized carbons (Fsp3) is 0.211. The number of hydrazone groups is 1. The van der Waals surface area contributed by atoms with E-state index in [1.807, 2.05) is 39.0 Å². The Balaban J connectivity index is 1.99. The van der Waals surface area contributed by atoms with Gasteiger partial charge in [-0.05, 0) is 49.2 Å². The molecule has 24 heavy (non-hydrogen) atoms. The zero-order valence-electron chi connectivity index (χ0n) is 14.0. The Morgan fingerprint density at radius 1 is 1.00 bits per heavy atom. The van der Waals surface area contributed by atoms with Gasteiger partial charge in [0.15, 0.2) is 0 Å². The Morgan fingerprint density at radius 2 is 1.71 bits per heavy atom. The molecule has 5 nitrogen and oxygen atoms in total. The van der Waals surface area contributed by atoms with E-state index >= 15 is 0 Å². The number of carbonyl (C=O) groups excluding carboxylic acids is 2. The number of hydrogen-bond donors (Lipinski definition) is 2. The largest absolute Gasteiger partial charge is 0.322 e. The van der Waals surface area contributed by atoms with Crippen LogP contribution in [0, 0.1) is 12.8 Å². The van der Waals surface area contributed by atoms with Crippen LogP contribution in [0.5, 0.6) is 0 Å².